The molecule has 7 heavy (non-hydrogen) atoms. The molecule has 1 rings (SSSR count). The average Bonchev–Trinajstić information content (AvgIpc) is 1.86. The summed E-state index contributed by atoms with van der Waals surface area (Å²) in [6.45, 7) is 0. The number of hydrogen-bond acceptors (Lipinski definition) is 1. The van der Waals surface area contributed by atoms with Crippen LogP contribution in [0.2, 0.25) is 0 Å². The van der Waals surface area contributed by atoms with Crippen molar-refractivity contribution < 1.29 is 26.8 Å². The van der Waals surface area contributed by atoms with Crippen molar-refractivity contribution >= 4 is 0 Å². The molecule has 0 amide bonds. The van der Waals surface area contributed by atoms with Crippen molar-refractivity contribution in [3.05, 3.63) is 0 Å². The summed E-state index contributed by atoms with van der Waals surface area (Å²) in [5.74, 6) is 0. The number of rotatable bonds is 0. The van der Waals surface area contributed by atoms with Crippen LogP contribution in [0.1, 0.15) is 25.7 Å². The minimum absolute atomic E-state index is 0. The molecule has 2 heteroatoms. The maximum Gasteiger partial charge on any atom is 0.0540 e. The zero-order valence-corrected chi connectivity index (χ0v) is 5.91. The third kappa shape index (κ3) is 2.48. The Morgan fingerprint density at radius 3 is 1.71 bits per heavy atom. The van der Waals surface area contributed by atoms with Gasteiger partial charge in [0, 0.05) is 21.7 Å². The Kier molecular flexibility index (Phi) is 4.00. The van der Waals surface area contributed by atoms with E-state index >= 15 is 0 Å². The topological polar surface area (TPSA) is 20.2 Å². The van der Waals surface area contributed by atoms with Crippen LogP contribution in [-0.2, 0) is 21.7 Å². The molecule has 0 heterocycles. The molecule has 0 aliphatic heterocycles. The molecule has 0 aromatic carbocycles. The first kappa shape index (κ1) is 7.67. The van der Waals surface area contributed by atoms with E-state index in [2.05, 4.69) is 0 Å². The fraction of sp³-hybridized carbons (Fsp3) is 1.00. The molecule has 0 atom stereocenters. The second kappa shape index (κ2) is 3.65. The van der Waals surface area contributed by atoms with Crippen LogP contribution in [0.5, 0.6) is 0 Å². The van der Waals surface area contributed by atoms with Crippen LogP contribution >= 0.6 is 0 Å². The smallest absolute Gasteiger partial charge is 0.0540 e. The van der Waals surface area contributed by atoms with Gasteiger partial charge in [0.05, 0.1) is 6.10 Å². The van der Waals surface area contributed by atoms with Crippen LogP contribution in [0.4, 0.5) is 0 Å². The molecule has 0 unspecified atom stereocenters. The molecule has 1 nitrogen and oxygen atoms in total. The molecule has 0 saturated heterocycles. The molecule has 0 aromatic rings. The van der Waals surface area contributed by atoms with Crippen molar-refractivity contribution in [3.8, 4) is 0 Å². The maximum atomic E-state index is 8.73. The van der Waals surface area contributed by atoms with Crippen LogP contribution in [-0.4, -0.2) is 11.2 Å². The predicted molar refractivity (Wildman–Crippen MR) is 24.5 cm³/mol. The fourth-order valence-electron chi connectivity index (χ4n) is 0.904. The molecule has 0 radical (unpaired) electrons. The monoisotopic (exact) mass is 134 g/mol. The number of aliphatic hydroxyl groups excluding tert-OH is 1. The second-order valence-electron chi connectivity index (χ2n) is 1.94. The van der Waals surface area contributed by atoms with Gasteiger partial charge in [-0.2, -0.15) is 0 Å². The van der Waals surface area contributed by atoms with Gasteiger partial charge in [-0.15, -0.1) is 0 Å². The van der Waals surface area contributed by atoms with Crippen molar-refractivity contribution in [3.63, 3.8) is 0 Å². The fourth-order valence-corrected chi connectivity index (χ4v) is 0.904. The molecule has 0 bridgehead atoms. The molecule has 1 aliphatic rings. The van der Waals surface area contributed by atoms with E-state index in [1.165, 1.54) is 12.8 Å². The van der Waals surface area contributed by atoms with Gasteiger partial charge in [0.15, 0.2) is 0 Å². The molecule has 0 spiro atoms. The largest absolute Gasteiger partial charge is 0.393 e. The van der Waals surface area contributed by atoms with E-state index in [1.54, 1.807) is 0 Å². The van der Waals surface area contributed by atoms with Crippen LogP contribution in [0, 0.1) is 0 Å². The minimum atomic E-state index is 0. The Morgan fingerprint density at radius 1 is 1.14 bits per heavy atom. The van der Waals surface area contributed by atoms with Crippen LogP contribution in [0.15, 0.2) is 0 Å². The molecule has 1 N–H and O–H groups in total. The summed E-state index contributed by atoms with van der Waals surface area (Å²) in [4.78, 5) is 0. The Balaban J connectivity index is 0.000000360. The van der Waals surface area contributed by atoms with Gasteiger partial charge in [0.25, 0.3) is 0 Å². The van der Waals surface area contributed by atoms with E-state index in [9.17, 15) is 0 Å². The SMILES string of the molecule is OC1CCCC1.[Ti]. The summed E-state index contributed by atoms with van der Waals surface area (Å²) in [6.07, 6.45) is 4.60. The number of aliphatic hydroxyl groups is 1. The minimum Gasteiger partial charge on any atom is -0.393 e. The standard InChI is InChI=1S/C5H10O.Ti/c6-5-3-1-2-4-5;/h5-6H,1-4H2;. The van der Waals surface area contributed by atoms with Crippen molar-refractivity contribution in [1.29, 1.82) is 0 Å². The van der Waals surface area contributed by atoms with Gasteiger partial charge in [0.2, 0.25) is 0 Å². The predicted octanol–water partition coefficient (Wildman–Crippen LogP) is 0.919. The van der Waals surface area contributed by atoms with E-state index in [0.29, 0.717) is 0 Å². The first-order chi connectivity index (χ1) is 2.89. The molecule has 0 aromatic heterocycles. The van der Waals surface area contributed by atoms with E-state index in [-0.39, 0.29) is 27.8 Å². The Morgan fingerprint density at radius 2 is 1.57 bits per heavy atom. The van der Waals surface area contributed by atoms with Crippen molar-refractivity contribution in [2.45, 2.75) is 31.8 Å². The van der Waals surface area contributed by atoms with E-state index in [1.807, 2.05) is 0 Å². The van der Waals surface area contributed by atoms with Crippen LogP contribution in [0.3, 0.4) is 0 Å². The molecule has 1 saturated carbocycles. The molecule has 40 valence electrons. The van der Waals surface area contributed by atoms with Crippen LogP contribution in [0.25, 0.3) is 0 Å². The first-order valence-corrected chi connectivity index (χ1v) is 2.57. The van der Waals surface area contributed by atoms with E-state index in [4.69, 9.17) is 5.11 Å². The van der Waals surface area contributed by atoms with Gasteiger partial charge in [-0.25, -0.2) is 0 Å². The number of hydrogen-bond donors (Lipinski definition) is 1. The Bertz CT molecular complexity index is 41.3. The summed E-state index contributed by atoms with van der Waals surface area (Å²) in [5.41, 5.74) is 0. The summed E-state index contributed by atoms with van der Waals surface area (Å²) in [7, 11) is 0. The quantitative estimate of drug-likeness (QED) is 0.488. The average molecular weight is 134 g/mol. The van der Waals surface area contributed by atoms with Gasteiger partial charge in [-0.05, 0) is 12.8 Å². The van der Waals surface area contributed by atoms with Gasteiger partial charge in [-0.3, -0.25) is 0 Å². The first-order valence-electron chi connectivity index (χ1n) is 2.57. The second-order valence-corrected chi connectivity index (χ2v) is 1.94. The van der Waals surface area contributed by atoms with Crippen LogP contribution < -0.4 is 0 Å². The molecule has 1 aliphatic carbocycles. The Labute approximate surface area is 59.0 Å². The summed E-state index contributed by atoms with van der Waals surface area (Å²) < 4.78 is 0. The summed E-state index contributed by atoms with van der Waals surface area (Å²) in [6, 6.07) is 0. The van der Waals surface area contributed by atoms with Gasteiger partial charge in [-0.1, -0.05) is 12.8 Å². The molecular weight excluding hydrogens is 124 g/mol. The zero-order valence-electron chi connectivity index (χ0n) is 4.35. The van der Waals surface area contributed by atoms with Crippen molar-refractivity contribution in [2.24, 2.45) is 0 Å². The van der Waals surface area contributed by atoms with Gasteiger partial charge < -0.3 is 5.11 Å². The third-order valence-corrected chi connectivity index (χ3v) is 1.32. The Hall–Kier alpha value is 0.674. The summed E-state index contributed by atoms with van der Waals surface area (Å²) >= 11 is 0. The van der Waals surface area contributed by atoms with Crippen molar-refractivity contribution in [2.75, 3.05) is 0 Å². The zero-order chi connectivity index (χ0) is 4.41. The van der Waals surface area contributed by atoms with Gasteiger partial charge >= 0.3 is 0 Å². The summed E-state index contributed by atoms with van der Waals surface area (Å²) in [5, 5.41) is 8.73. The van der Waals surface area contributed by atoms with E-state index < -0.39 is 0 Å². The molecule has 1 fully saturated rings. The maximum absolute atomic E-state index is 8.73. The third-order valence-electron chi connectivity index (χ3n) is 1.32. The molecular formula is C5H10OTi. The normalized spacial score (nSPS) is 21.9. The van der Waals surface area contributed by atoms with Crippen molar-refractivity contribution in [1.82, 2.24) is 0 Å². The van der Waals surface area contributed by atoms with E-state index in [0.717, 1.165) is 12.8 Å². The van der Waals surface area contributed by atoms with Gasteiger partial charge in [0.1, 0.15) is 0 Å².